The molecule has 0 bridgehead atoms. The van der Waals surface area contributed by atoms with Gasteiger partial charge in [0, 0.05) is 32.2 Å². The van der Waals surface area contributed by atoms with Gasteiger partial charge in [-0.2, -0.15) is 0 Å². The Morgan fingerprint density at radius 2 is 1.88 bits per heavy atom. The highest BCUT2D eigenvalue weighted by Crippen LogP contribution is 2.17. The van der Waals surface area contributed by atoms with Gasteiger partial charge in [-0.15, -0.1) is 0 Å². The van der Waals surface area contributed by atoms with Crippen molar-refractivity contribution in [3.05, 3.63) is 0 Å². The second-order valence-electron chi connectivity index (χ2n) is 4.52. The molecule has 7 heteroatoms. The van der Waals surface area contributed by atoms with Crippen molar-refractivity contribution in [1.29, 1.82) is 0 Å². The van der Waals surface area contributed by atoms with Crippen LogP contribution in [0.1, 0.15) is 0 Å². The van der Waals surface area contributed by atoms with Gasteiger partial charge in [-0.25, -0.2) is 12.8 Å². The Kier molecular flexibility index (Phi) is 3.48. The first kappa shape index (κ1) is 12.2. The minimum Gasteiger partial charge on any atom is -0.325 e. The summed E-state index contributed by atoms with van der Waals surface area (Å²) in [6.45, 7) is 1.71. The Morgan fingerprint density at radius 3 is 2.44 bits per heavy atom. The summed E-state index contributed by atoms with van der Waals surface area (Å²) in [6, 6.07) is -0.596. The van der Waals surface area contributed by atoms with Crippen LogP contribution >= 0.6 is 0 Å². The molecule has 2 aliphatic rings. The van der Waals surface area contributed by atoms with E-state index in [-0.39, 0.29) is 23.6 Å². The van der Waals surface area contributed by atoms with Gasteiger partial charge in [-0.1, -0.05) is 0 Å². The number of nitrogens with one attached hydrogen (secondary N) is 1. The van der Waals surface area contributed by atoms with Crippen LogP contribution in [-0.2, 0) is 9.84 Å². The standard InChI is InChI=1S/C9H18FN3O2S/c10-7-5-12-6-8(11)9(7)13-1-3-16(14,15)4-2-13/h7-9,12H,1-6,11H2. The maximum atomic E-state index is 13.7. The second-order valence-corrected chi connectivity index (χ2v) is 6.82. The molecule has 0 aromatic heterocycles. The average molecular weight is 251 g/mol. The predicted molar refractivity (Wildman–Crippen MR) is 59.8 cm³/mol. The molecular formula is C9H18FN3O2S. The molecule has 5 nitrogen and oxygen atoms in total. The summed E-state index contributed by atoms with van der Waals surface area (Å²) >= 11 is 0. The molecule has 2 heterocycles. The van der Waals surface area contributed by atoms with Gasteiger partial charge < -0.3 is 11.1 Å². The van der Waals surface area contributed by atoms with E-state index in [2.05, 4.69) is 5.32 Å². The molecule has 0 spiro atoms. The van der Waals surface area contributed by atoms with Crippen LogP contribution in [0.25, 0.3) is 0 Å². The lowest BCUT2D eigenvalue weighted by molar-refractivity contribution is 0.0763. The quantitative estimate of drug-likeness (QED) is 0.584. The van der Waals surface area contributed by atoms with Crippen molar-refractivity contribution in [3.63, 3.8) is 0 Å². The van der Waals surface area contributed by atoms with Gasteiger partial charge >= 0.3 is 0 Å². The SMILES string of the molecule is NC1CNCC(F)C1N1CCS(=O)(=O)CC1. The van der Waals surface area contributed by atoms with E-state index < -0.39 is 16.0 Å². The zero-order chi connectivity index (χ0) is 11.8. The molecule has 2 saturated heterocycles. The summed E-state index contributed by atoms with van der Waals surface area (Å²) in [6.07, 6.45) is -1.01. The Morgan fingerprint density at radius 1 is 1.25 bits per heavy atom. The van der Waals surface area contributed by atoms with Crippen molar-refractivity contribution >= 4 is 9.84 Å². The number of sulfone groups is 1. The molecule has 2 aliphatic heterocycles. The highest BCUT2D eigenvalue weighted by molar-refractivity contribution is 7.91. The minimum atomic E-state index is -2.91. The first-order valence-corrected chi connectivity index (χ1v) is 7.36. The van der Waals surface area contributed by atoms with Gasteiger partial charge in [0.2, 0.25) is 0 Å². The molecule has 0 saturated carbocycles. The Hall–Kier alpha value is -0.240. The van der Waals surface area contributed by atoms with Crippen LogP contribution < -0.4 is 11.1 Å². The number of rotatable bonds is 1. The van der Waals surface area contributed by atoms with E-state index in [1.165, 1.54) is 0 Å². The maximum Gasteiger partial charge on any atom is 0.152 e. The summed E-state index contributed by atoms with van der Waals surface area (Å²) in [7, 11) is -2.91. The lowest BCUT2D eigenvalue weighted by Gasteiger charge is -2.42. The summed E-state index contributed by atoms with van der Waals surface area (Å²) < 4.78 is 36.3. The van der Waals surface area contributed by atoms with Crippen molar-refractivity contribution in [3.8, 4) is 0 Å². The number of nitrogens with two attached hydrogens (primary N) is 1. The zero-order valence-corrected chi connectivity index (χ0v) is 9.92. The molecule has 3 atom stereocenters. The molecule has 3 N–H and O–H groups in total. The molecule has 0 radical (unpaired) electrons. The van der Waals surface area contributed by atoms with Crippen LogP contribution in [0.5, 0.6) is 0 Å². The van der Waals surface area contributed by atoms with Crippen molar-refractivity contribution < 1.29 is 12.8 Å². The van der Waals surface area contributed by atoms with E-state index in [9.17, 15) is 12.8 Å². The zero-order valence-electron chi connectivity index (χ0n) is 9.10. The largest absolute Gasteiger partial charge is 0.325 e. The normalized spacial score (nSPS) is 40.8. The summed E-state index contributed by atoms with van der Waals surface area (Å²) in [5, 5.41) is 2.92. The average Bonchev–Trinajstić information content (AvgIpc) is 2.20. The topological polar surface area (TPSA) is 75.4 Å². The van der Waals surface area contributed by atoms with E-state index >= 15 is 0 Å². The summed E-state index contributed by atoms with van der Waals surface area (Å²) in [5.74, 6) is 0.243. The molecule has 0 aliphatic carbocycles. The van der Waals surface area contributed by atoms with Crippen LogP contribution in [0.2, 0.25) is 0 Å². The molecule has 16 heavy (non-hydrogen) atoms. The van der Waals surface area contributed by atoms with Crippen molar-refractivity contribution in [2.75, 3.05) is 37.7 Å². The monoisotopic (exact) mass is 251 g/mol. The third-order valence-electron chi connectivity index (χ3n) is 3.33. The lowest BCUT2D eigenvalue weighted by Crippen LogP contribution is -2.64. The van der Waals surface area contributed by atoms with E-state index in [0.29, 0.717) is 26.2 Å². The van der Waals surface area contributed by atoms with Crippen LogP contribution in [0.3, 0.4) is 0 Å². The molecule has 2 rings (SSSR count). The Labute approximate surface area is 95.1 Å². The van der Waals surface area contributed by atoms with E-state index in [0.717, 1.165) is 0 Å². The number of nitrogens with zero attached hydrogens (tertiary/aromatic N) is 1. The fraction of sp³-hybridized carbons (Fsp3) is 1.00. The smallest absolute Gasteiger partial charge is 0.152 e. The van der Waals surface area contributed by atoms with E-state index in [1.54, 1.807) is 0 Å². The van der Waals surface area contributed by atoms with Gasteiger partial charge in [-0.3, -0.25) is 4.90 Å². The number of piperidine rings is 1. The maximum absolute atomic E-state index is 13.7. The highest BCUT2D eigenvalue weighted by atomic mass is 32.2. The fourth-order valence-electron chi connectivity index (χ4n) is 2.42. The van der Waals surface area contributed by atoms with E-state index in [1.807, 2.05) is 4.90 Å². The first-order chi connectivity index (χ1) is 7.49. The van der Waals surface area contributed by atoms with Crippen molar-refractivity contribution in [2.45, 2.75) is 18.3 Å². The van der Waals surface area contributed by atoms with Crippen LogP contribution in [0.4, 0.5) is 4.39 Å². The van der Waals surface area contributed by atoms with Crippen LogP contribution in [-0.4, -0.2) is 69.3 Å². The van der Waals surface area contributed by atoms with Gasteiger partial charge in [0.25, 0.3) is 0 Å². The van der Waals surface area contributed by atoms with Crippen LogP contribution in [0, 0.1) is 0 Å². The third kappa shape index (κ3) is 2.53. The molecule has 2 fully saturated rings. The van der Waals surface area contributed by atoms with Gasteiger partial charge in [0.15, 0.2) is 9.84 Å². The number of alkyl halides is 1. The Balaban J connectivity index is 2.01. The summed E-state index contributed by atoms with van der Waals surface area (Å²) in [4.78, 5) is 1.89. The predicted octanol–water partition coefficient (Wildman–Crippen LogP) is -1.65. The first-order valence-electron chi connectivity index (χ1n) is 5.54. The van der Waals surface area contributed by atoms with Gasteiger partial charge in [0.05, 0.1) is 17.5 Å². The molecule has 0 amide bonds. The molecule has 94 valence electrons. The number of halogens is 1. The number of hydrogen-bond donors (Lipinski definition) is 2. The van der Waals surface area contributed by atoms with Gasteiger partial charge in [-0.05, 0) is 0 Å². The molecular weight excluding hydrogens is 233 g/mol. The minimum absolute atomic E-state index is 0.121. The fourth-order valence-corrected chi connectivity index (χ4v) is 3.65. The molecule has 0 aromatic rings. The number of hydrogen-bond acceptors (Lipinski definition) is 5. The van der Waals surface area contributed by atoms with Crippen molar-refractivity contribution in [2.24, 2.45) is 5.73 Å². The highest BCUT2D eigenvalue weighted by Gasteiger charge is 2.38. The third-order valence-corrected chi connectivity index (χ3v) is 4.94. The lowest BCUT2D eigenvalue weighted by atomic mass is 9.98. The summed E-state index contributed by atoms with van der Waals surface area (Å²) in [5.41, 5.74) is 5.87. The van der Waals surface area contributed by atoms with Crippen molar-refractivity contribution in [1.82, 2.24) is 10.2 Å². The second kappa shape index (κ2) is 4.56. The molecule has 0 aromatic carbocycles. The van der Waals surface area contributed by atoms with Crippen LogP contribution in [0.15, 0.2) is 0 Å². The Bertz CT molecular complexity index is 325. The van der Waals surface area contributed by atoms with Gasteiger partial charge in [0.1, 0.15) is 6.17 Å². The van der Waals surface area contributed by atoms with E-state index in [4.69, 9.17) is 5.73 Å². The molecule has 3 unspecified atom stereocenters.